The molecular formula is C22H20N4O. The Morgan fingerprint density at radius 1 is 1.22 bits per heavy atom. The van der Waals surface area contributed by atoms with Crippen molar-refractivity contribution in [2.75, 3.05) is 0 Å². The summed E-state index contributed by atoms with van der Waals surface area (Å²) in [7, 11) is 0. The third-order valence-corrected chi connectivity index (χ3v) is 5.06. The van der Waals surface area contributed by atoms with Crippen LogP contribution in [0.4, 0.5) is 0 Å². The first-order valence-electron chi connectivity index (χ1n) is 9.03. The molecule has 0 fully saturated rings. The highest BCUT2D eigenvalue weighted by atomic mass is 16.1. The summed E-state index contributed by atoms with van der Waals surface area (Å²) in [6.45, 7) is 5.16. The lowest BCUT2D eigenvalue weighted by Gasteiger charge is -2.31. The number of rotatable bonds is 2. The van der Waals surface area contributed by atoms with Crippen molar-refractivity contribution in [1.29, 1.82) is 5.26 Å². The van der Waals surface area contributed by atoms with Crippen molar-refractivity contribution < 1.29 is 0 Å². The molecule has 1 aliphatic rings. The standard InChI is InChI=1S/C22H20N4O/c1-22(2)8-10-26-20(13-22)25-19-12-15(4-6-18(19)21(26)27)3-5-17-11-16(14-23)7-9-24-17/h3-7,9,11-12H,8,10,13H2,1-2H3/b5-3+. The van der Waals surface area contributed by atoms with Crippen LogP contribution in [0.2, 0.25) is 0 Å². The highest BCUT2D eigenvalue weighted by Gasteiger charge is 2.27. The molecule has 2 aromatic heterocycles. The number of pyridine rings is 1. The summed E-state index contributed by atoms with van der Waals surface area (Å²) >= 11 is 0. The molecule has 3 heterocycles. The normalized spacial score (nSPS) is 15.6. The number of fused-ring (bicyclic) bond motifs is 2. The number of nitrogens with zero attached hydrogens (tertiary/aromatic N) is 4. The molecule has 0 unspecified atom stereocenters. The quantitative estimate of drug-likeness (QED) is 0.700. The van der Waals surface area contributed by atoms with E-state index in [1.54, 1.807) is 18.3 Å². The average molecular weight is 356 g/mol. The smallest absolute Gasteiger partial charge is 0.261 e. The minimum atomic E-state index is 0.0458. The predicted octanol–water partition coefficient (Wildman–Crippen LogP) is 3.81. The van der Waals surface area contributed by atoms with Gasteiger partial charge in [-0.25, -0.2) is 4.98 Å². The molecule has 5 nitrogen and oxygen atoms in total. The number of aromatic nitrogens is 3. The second-order valence-electron chi connectivity index (χ2n) is 7.77. The maximum absolute atomic E-state index is 12.8. The van der Waals surface area contributed by atoms with Crippen LogP contribution in [-0.2, 0) is 13.0 Å². The van der Waals surface area contributed by atoms with Crippen molar-refractivity contribution in [2.24, 2.45) is 5.41 Å². The lowest BCUT2D eigenvalue weighted by Crippen LogP contribution is -2.35. The molecule has 3 aromatic rings. The van der Waals surface area contributed by atoms with E-state index in [1.165, 1.54) is 0 Å². The van der Waals surface area contributed by atoms with Crippen molar-refractivity contribution in [3.63, 3.8) is 0 Å². The Kier molecular flexibility index (Phi) is 4.12. The van der Waals surface area contributed by atoms with Gasteiger partial charge in [0.05, 0.1) is 28.2 Å². The zero-order valence-corrected chi connectivity index (χ0v) is 15.4. The minimum Gasteiger partial charge on any atom is -0.296 e. The summed E-state index contributed by atoms with van der Waals surface area (Å²) in [6, 6.07) is 11.2. The van der Waals surface area contributed by atoms with Crippen LogP contribution < -0.4 is 5.56 Å². The first kappa shape index (κ1) is 17.2. The van der Waals surface area contributed by atoms with Gasteiger partial charge < -0.3 is 0 Å². The van der Waals surface area contributed by atoms with Crippen LogP contribution in [0.25, 0.3) is 23.1 Å². The Balaban J connectivity index is 1.73. The zero-order chi connectivity index (χ0) is 19.0. The van der Waals surface area contributed by atoms with E-state index >= 15 is 0 Å². The summed E-state index contributed by atoms with van der Waals surface area (Å²) in [4.78, 5) is 21.8. The van der Waals surface area contributed by atoms with Gasteiger partial charge in [0.25, 0.3) is 5.56 Å². The third kappa shape index (κ3) is 3.39. The van der Waals surface area contributed by atoms with Gasteiger partial charge in [0.15, 0.2) is 0 Å². The predicted molar refractivity (Wildman–Crippen MR) is 106 cm³/mol. The Labute approximate surface area is 157 Å². The molecule has 0 saturated carbocycles. The van der Waals surface area contributed by atoms with E-state index in [1.807, 2.05) is 34.9 Å². The van der Waals surface area contributed by atoms with Crippen LogP contribution in [0.3, 0.4) is 0 Å². The summed E-state index contributed by atoms with van der Waals surface area (Å²) in [5.74, 6) is 0.869. The molecule has 134 valence electrons. The van der Waals surface area contributed by atoms with Gasteiger partial charge in [-0.15, -0.1) is 0 Å². The van der Waals surface area contributed by atoms with Crippen LogP contribution in [0.1, 0.15) is 42.9 Å². The fraction of sp³-hybridized carbons (Fsp3) is 0.273. The molecule has 5 heteroatoms. The number of hydrogen-bond acceptors (Lipinski definition) is 4. The van der Waals surface area contributed by atoms with Crippen molar-refractivity contribution in [2.45, 2.75) is 33.2 Å². The van der Waals surface area contributed by atoms with Crippen LogP contribution in [0, 0.1) is 16.7 Å². The molecule has 0 N–H and O–H groups in total. The molecule has 4 rings (SSSR count). The van der Waals surface area contributed by atoms with E-state index < -0.39 is 0 Å². The summed E-state index contributed by atoms with van der Waals surface area (Å²) < 4.78 is 1.82. The molecule has 0 bridgehead atoms. The highest BCUT2D eigenvalue weighted by Crippen LogP contribution is 2.30. The maximum Gasteiger partial charge on any atom is 0.261 e. The van der Waals surface area contributed by atoms with E-state index in [2.05, 4.69) is 24.9 Å². The van der Waals surface area contributed by atoms with Gasteiger partial charge in [0, 0.05) is 19.2 Å². The maximum atomic E-state index is 12.8. The molecule has 0 atom stereocenters. The van der Waals surface area contributed by atoms with Crippen molar-refractivity contribution in [3.05, 3.63) is 69.5 Å². The second-order valence-corrected chi connectivity index (χ2v) is 7.77. The number of hydrogen-bond donors (Lipinski definition) is 0. The van der Waals surface area contributed by atoms with Gasteiger partial charge in [0.2, 0.25) is 0 Å². The van der Waals surface area contributed by atoms with Crippen molar-refractivity contribution >= 4 is 23.1 Å². The molecule has 0 aliphatic carbocycles. The minimum absolute atomic E-state index is 0.0458. The number of benzene rings is 1. The average Bonchev–Trinajstić information content (AvgIpc) is 2.65. The largest absolute Gasteiger partial charge is 0.296 e. The SMILES string of the molecule is CC1(C)CCn2c(nc3cc(/C=C/c4cc(C#N)ccn4)ccc3c2=O)C1. The van der Waals surface area contributed by atoms with E-state index in [0.717, 1.165) is 42.0 Å². The Hall–Kier alpha value is -3.26. The van der Waals surface area contributed by atoms with Crippen LogP contribution >= 0.6 is 0 Å². The second kappa shape index (κ2) is 6.48. The first-order chi connectivity index (χ1) is 12.9. The summed E-state index contributed by atoms with van der Waals surface area (Å²) in [6.07, 6.45) is 7.20. The van der Waals surface area contributed by atoms with Crippen LogP contribution in [0.5, 0.6) is 0 Å². The van der Waals surface area contributed by atoms with E-state index in [9.17, 15) is 4.79 Å². The van der Waals surface area contributed by atoms with E-state index in [-0.39, 0.29) is 11.0 Å². The topological polar surface area (TPSA) is 71.6 Å². The number of nitriles is 1. The molecule has 0 radical (unpaired) electrons. The van der Waals surface area contributed by atoms with Crippen molar-refractivity contribution in [1.82, 2.24) is 14.5 Å². The van der Waals surface area contributed by atoms with Crippen molar-refractivity contribution in [3.8, 4) is 6.07 Å². The molecule has 0 spiro atoms. The molecule has 0 amide bonds. The van der Waals surface area contributed by atoms with Gasteiger partial charge in [-0.3, -0.25) is 14.3 Å². The highest BCUT2D eigenvalue weighted by molar-refractivity contribution is 5.82. The molecule has 1 aliphatic heterocycles. The van der Waals surface area contributed by atoms with Gasteiger partial charge in [-0.2, -0.15) is 5.26 Å². The van der Waals surface area contributed by atoms with Gasteiger partial charge in [0.1, 0.15) is 5.82 Å². The molecule has 27 heavy (non-hydrogen) atoms. The Morgan fingerprint density at radius 2 is 2.07 bits per heavy atom. The van der Waals surface area contributed by atoms with E-state index in [4.69, 9.17) is 10.2 Å². The third-order valence-electron chi connectivity index (χ3n) is 5.06. The Bertz CT molecular complexity index is 1170. The molecule has 1 aromatic carbocycles. The zero-order valence-electron chi connectivity index (χ0n) is 15.4. The fourth-order valence-electron chi connectivity index (χ4n) is 3.47. The van der Waals surface area contributed by atoms with Crippen LogP contribution in [0.15, 0.2) is 41.3 Å². The first-order valence-corrected chi connectivity index (χ1v) is 9.03. The lowest BCUT2D eigenvalue weighted by atomic mass is 9.83. The van der Waals surface area contributed by atoms with Gasteiger partial charge in [-0.05, 0) is 47.7 Å². The van der Waals surface area contributed by atoms with E-state index in [0.29, 0.717) is 10.9 Å². The monoisotopic (exact) mass is 356 g/mol. The van der Waals surface area contributed by atoms with Gasteiger partial charge in [-0.1, -0.05) is 26.0 Å². The summed E-state index contributed by atoms with van der Waals surface area (Å²) in [5.41, 5.74) is 3.18. The van der Waals surface area contributed by atoms with Crippen LogP contribution in [-0.4, -0.2) is 14.5 Å². The molecular weight excluding hydrogens is 336 g/mol. The molecule has 0 saturated heterocycles. The lowest BCUT2D eigenvalue weighted by molar-refractivity contribution is 0.261. The Morgan fingerprint density at radius 3 is 2.89 bits per heavy atom. The fourth-order valence-corrected chi connectivity index (χ4v) is 3.47. The van der Waals surface area contributed by atoms with Gasteiger partial charge >= 0.3 is 0 Å². The summed E-state index contributed by atoms with van der Waals surface area (Å²) in [5, 5.41) is 9.64.